The zero-order valence-corrected chi connectivity index (χ0v) is 11.8. The summed E-state index contributed by atoms with van der Waals surface area (Å²) in [6.07, 6.45) is 0.149. The van der Waals surface area contributed by atoms with Crippen LogP contribution in [0.5, 0.6) is 0 Å². The zero-order valence-electron chi connectivity index (χ0n) is 10.2. The van der Waals surface area contributed by atoms with Crippen LogP contribution in [0.1, 0.15) is 0 Å². The molecule has 1 atom stereocenters. The van der Waals surface area contributed by atoms with Crippen LogP contribution in [0.2, 0.25) is 0 Å². The Morgan fingerprint density at radius 3 is 2.76 bits per heavy atom. The van der Waals surface area contributed by atoms with Crippen LogP contribution in [0, 0.1) is 0 Å². The molecule has 2 heterocycles. The summed E-state index contributed by atoms with van der Waals surface area (Å²) < 4.78 is 5.52. The monoisotopic (exact) mass is 276 g/mol. The maximum atomic E-state index is 11.3. The molecule has 0 aromatic rings. The lowest BCUT2D eigenvalue weighted by atomic mass is 10.2. The highest BCUT2D eigenvalue weighted by Gasteiger charge is 2.24. The van der Waals surface area contributed by atoms with Crippen molar-refractivity contribution >= 4 is 29.4 Å². The van der Waals surface area contributed by atoms with Crippen LogP contribution >= 0.6 is 23.5 Å². The number of ether oxygens (including phenoxy) is 1. The quantitative estimate of drug-likeness (QED) is 0.802. The Kier molecular flexibility index (Phi) is 5.47. The van der Waals surface area contributed by atoms with Crippen molar-refractivity contribution in [1.82, 2.24) is 10.2 Å². The smallest absolute Gasteiger partial charge is 0.248 e. The third-order valence-corrected chi connectivity index (χ3v) is 5.51. The van der Waals surface area contributed by atoms with Crippen molar-refractivity contribution in [1.29, 1.82) is 0 Å². The maximum absolute atomic E-state index is 11.3. The average Bonchev–Trinajstić information content (AvgIpc) is 2.59. The van der Waals surface area contributed by atoms with Gasteiger partial charge in [-0.15, -0.1) is 0 Å². The van der Waals surface area contributed by atoms with Gasteiger partial charge in [0.15, 0.2) is 0 Å². The maximum Gasteiger partial charge on any atom is 0.248 e. The molecule has 98 valence electrons. The largest absolute Gasteiger partial charge is 0.365 e. The van der Waals surface area contributed by atoms with Gasteiger partial charge in [0.25, 0.3) is 0 Å². The molecule has 1 unspecified atom stereocenters. The zero-order chi connectivity index (χ0) is 12.1. The van der Waals surface area contributed by atoms with Crippen LogP contribution in [0.4, 0.5) is 0 Å². The number of carbonyl (C=O) groups is 1. The van der Waals surface area contributed by atoms with E-state index >= 15 is 0 Å². The van der Waals surface area contributed by atoms with E-state index in [1.54, 1.807) is 4.90 Å². The Labute approximate surface area is 111 Å². The first kappa shape index (κ1) is 13.5. The summed E-state index contributed by atoms with van der Waals surface area (Å²) in [5, 5.41) is 3.56. The van der Waals surface area contributed by atoms with E-state index in [9.17, 15) is 4.79 Å². The fourth-order valence-electron chi connectivity index (χ4n) is 1.92. The molecule has 1 amide bonds. The second-order valence-electron chi connectivity index (χ2n) is 4.46. The number of hydrogen-bond donors (Lipinski definition) is 1. The number of nitrogens with zero attached hydrogens (tertiary/aromatic N) is 1. The van der Waals surface area contributed by atoms with E-state index in [1.165, 1.54) is 23.0 Å². The molecule has 2 rings (SSSR count). The molecule has 4 nitrogen and oxygen atoms in total. The predicted molar refractivity (Wildman–Crippen MR) is 73.8 cm³/mol. The van der Waals surface area contributed by atoms with Gasteiger partial charge in [-0.25, -0.2) is 0 Å². The third-order valence-electron chi connectivity index (χ3n) is 2.99. The highest BCUT2D eigenvalue weighted by atomic mass is 32.2. The van der Waals surface area contributed by atoms with Gasteiger partial charge in [-0.2, -0.15) is 23.5 Å². The number of thioether (sulfide) groups is 2. The number of morpholine rings is 1. The fourth-order valence-corrected chi connectivity index (χ4v) is 4.38. The normalized spacial score (nSPS) is 28.2. The van der Waals surface area contributed by atoms with Gasteiger partial charge < -0.3 is 15.0 Å². The van der Waals surface area contributed by atoms with E-state index in [-0.39, 0.29) is 18.6 Å². The molecule has 2 saturated heterocycles. The van der Waals surface area contributed by atoms with Crippen molar-refractivity contribution in [3.8, 4) is 0 Å². The molecule has 6 heteroatoms. The van der Waals surface area contributed by atoms with Crippen molar-refractivity contribution in [3.63, 3.8) is 0 Å². The van der Waals surface area contributed by atoms with Crippen LogP contribution in [0.25, 0.3) is 0 Å². The van der Waals surface area contributed by atoms with E-state index in [1.807, 2.05) is 30.6 Å². The van der Waals surface area contributed by atoms with E-state index in [4.69, 9.17) is 4.74 Å². The molecule has 0 radical (unpaired) electrons. The molecule has 2 aliphatic heterocycles. The van der Waals surface area contributed by atoms with Crippen molar-refractivity contribution in [2.75, 3.05) is 49.8 Å². The summed E-state index contributed by atoms with van der Waals surface area (Å²) in [6, 6.07) is 0.582. The summed E-state index contributed by atoms with van der Waals surface area (Å²) in [5.41, 5.74) is 0. The molecule has 0 aliphatic carbocycles. The molecule has 1 N–H and O–H groups in total. The molecule has 0 spiro atoms. The lowest BCUT2D eigenvalue weighted by molar-refractivity contribution is -0.146. The lowest BCUT2D eigenvalue weighted by Gasteiger charge is -2.31. The number of rotatable bonds is 3. The summed E-state index contributed by atoms with van der Waals surface area (Å²) in [7, 11) is 1.84. The Hall–Kier alpha value is 0.0900. The lowest BCUT2D eigenvalue weighted by Crippen LogP contribution is -2.50. The number of hydrogen-bond acceptors (Lipinski definition) is 5. The Balaban J connectivity index is 1.68. The SMILES string of the molecule is CN1CC(CNC2CSCCSC2)OCC1=O. The highest BCUT2D eigenvalue weighted by molar-refractivity contribution is 8.03. The Morgan fingerprint density at radius 1 is 1.41 bits per heavy atom. The third kappa shape index (κ3) is 4.35. The molecule has 2 fully saturated rings. The van der Waals surface area contributed by atoms with Gasteiger partial charge >= 0.3 is 0 Å². The first-order chi connectivity index (χ1) is 8.25. The topological polar surface area (TPSA) is 41.6 Å². The molecular weight excluding hydrogens is 256 g/mol. The summed E-state index contributed by atoms with van der Waals surface area (Å²) in [6.45, 7) is 1.79. The van der Waals surface area contributed by atoms with Crippen LogP contribution in [0.3, 0.4) is 0 Å². The van der Waals surface area contributed by atoms with E-state index < -0.39 is 0 Å². The van der Waals surface area contributed by atoms with Crippen molar-refractivity contribution in [3.05, 3.63) is 0 Å². The summed E-state index contributed by atoms with van der Waals surface area (Å²) >= 11 is 4.05. The van der Waals surface area contributed by atoms with Gasteiger partial charge in [0, 0.05) is 49.2 Å². The minimum atomic E-state index is 0.0850. The van der Waals surface area contributed by atoms with E-state index in [0.717, 1.165) is 6.54 Å². The van der Waals surface area contributed by atoms with Crippen LogP contribution in [-0.2, 0) is 9.53 Å². The second kappa shape index (κ2) is 6.87. The molecule has 0 aromatic heterocycles. The standard InChI is InChI=1S/C11H20N2O2S2/c1-13-5-10(15-6-11(13)14)4-12-9-7-16-2-3-17-8-9/h9-10,12H,2-8H2,1H3. The van der Waals surface area contributed by atoms with Gasteiger partial charge in [0.2, 0.25) is 5.91 Å². The summed E-state index contributed by atoms with van der Waals surface area (Å²) in [4.78, 5) is 13.0. The van der Waals surface area contributed by atoms with E-state index in [2.05, 4.69) is 5.32 Å². The molecule has 0 bridgehead atoms. The van der Waals surface area contributed by atoms with Crippen molar-refractivity contribution in [2.24, 2.45) is 0 Å². The minimum Gasteiger partial charge on any atom is -0.365 e. The first-order valence-electron chi connectivity index (χ1n) is 6.00. The molecule has 17 heavy (non-hydrogen) atoms. The van der Waals surface area contributed by atoms with Gasteiger partial charge in [-0.3, -0.25) is 4.79 Å². The van der Waals surface area contributed by atoms with Crippen LogP contribution in [-0.4, -0.2) is 72.7 Å². The minimum absolute atomic E-state index is 0.0850. The predicted octanol–water partition coefficient (Wildman–Crippen LogP) is 0.282. The van der Waals surface area contributed by atoms with Crippen molar-refractivity contribution < 1.29 is 9.53 Å². The Bertz CT molecular complexity index is 258. The second-order valence-corrected chi connectivity index (χ2v) is 6.76. The summed E-state index contributed by atoms with van der Waals surface area (Å²) in [5.74, 6) is 4.99. The number of likely N-dealkylation sites (N-methyl/N-ethyl adjacent to an activating group) is 1. The number of carbonyl (C=O) groups excluding carboxylic acids is 1. The van der Waals surface area contributed by atoms with E-state index in [0.29, 0.717) is 12.6 Å². The fraction of sp³-hybridized carbons (Fsp3) is 0.909. The van der Waals surface area contributed by atoms with Crippen LogP contribution in [0.15, 0.2) is 0 Å². The molecule has 0 aromatic carbocycles. The Morgan fingerprint density at radius 2 is 2.12 bits per heavy atom. The number of nitrogens with one attached hydrogen (secondary N) is 1. The highest BCUT2D eigenvalue weighted by Crippen LogP contribution is 2.16. The van der Waals surface area contributed by atoms with Crippen molar-refractivity contribution in [2.45, 2.75) is 12.1 Å². The van der Waals surface area contributed by atoms with Gasteiger partial charge in [-0.1, -0.05) is 0 Å². The average molecular weight is 276 g/mol. The van der Waals surface area contributed by atoms with Gasteiger partial charge in [0.05, 0.1) is 6.10 Å². The number of amides is 1. The molecular formula is C11H20N2O2S2. The van der Waals surface area contributed by atoms with Crippen LogP contribution < -0.4 is 5.32 Å². The molecule has 2 aliphatic rings. The van der Waals surface area contributed by atoms with Gasteiger partial charge in [0.1, 0.15) is 6.61 Å². The first-order valence-corrected chi connectivity index (χ1v) is 8.31. The van der Waals surface area contributed by atoms with Gasteiger partial charge in [-0.05, 0) is 0 Å². The molecule has 0 saturated carbocycles.